The second kappa shape index (κ2) is 8.27. The molecular formula is C22H20O5. The number of fused-ring (bicyclic) bond motifs is 1. The highest BCUT2D eigenvalue weighted by atomic mass is 16.5. The molecule has 0 saturated heterocycles. The molecule has 0 N–H and O–H groups in total. The van der Waals surface area contributed by atoms with Crippen LogP contribution in [0.2, 0.25) is 0 Å². The Morgan fingerprint density at radius 3 is 2.15 bits per heavy atom. The Hall–Kier alpha value is -3.47. The third-order valence-corrected chi connectivity index (χ3v) is 4.06. The molecule has 5 nitrogen and oxygen atoms in total. The summed E-state index contributed by atoms with van der Waals surface area (Å²) in [6.45, 7) is 0. The number of esters is 1. The number of methoxy groups -OCH3 is 3. The van der Waals surface area contributed by atoms with Crippen molar-refractivity contribution in [2.75, 3.05) is 21.3 Å². The summed E-state index contributed by atoms with van der Waals surface area (Å²) in [7, 11) is 4.75. The van der Waals surface area contributed by atoms with E-state index in [1.165, 1.54) is 6.08 Å². The van der Waals surface area contributed by atoms with Crippen LogP contribution in [0, 0.1) is 0 Å². The summed E-state index contributed by atoms with van der Waals surface area (Å²) in [6.07, 6.45) is 3.03. The quantitative estimate of drug-likeness (QED) is 0.367. The molecular weight excluding hydrogens is 344 g/mol. The zero-order valence-electron chi connectivity index (χ0n) is 15.4. The van der Waals surface area contributed by atoms with Gasteiger partial charge in [0.05, 0.1) is 21.3 Å². The predicted octanol–water partition coefficient (Wildman–Crippen LogP) is 4.48. The zero-order chi connectivity index (χ0) is 19.2. The average molecular weight is 364 g/mol. The lowest BCUT2D eigenvalue weighted by Crippen LogP contribution is -2.03. The van der Waals surface area contributed by atoms with Crippen LogP contribution < -0.4 is 18.9 Å². The summed E-state index contributed by atoms with van der Waals surface area (Å²) < 4.78 is 21.1. The molecule has 5 heteroatoms. The number of benzene rings is 3. The van der Waals surface area contributed by atoms with Crippen molar-refractivity contribution in [1.82, 2.24) is 0 Å². The highest BCUT2D eigenvalue weighted by Gasteiger charge is 2.05. The van der Waals surface area contributed by atoms with Gasteiger partial charge in [0.2, 0.25) is 0 Å². The Bertz CT molecular complexity index is 991. The average Bonchev–Trinajstić information content (AvgIpc) is 2.71. The number of rotatable bonds is 6. The maximum absolute atomic E-state index is 12.1. The smallest absolute Gasteiger partial charge is 0.336 e. The van der Waals surface area contributed by atoms with Crippen molar-refractivity contribution < 1.29 is 23.7 Å². The number of carbonyl (C=O) groups is 1. The molecule has 0 bridgehead atoms. The first kappa shape index (κ1) is 18.3. The van der Waals surface area contributed by atoms with Gasteiger partial charge in [-0.15, -0.1) is 0 Å². The summed E-state index contributed by atoms with van der Waals surface area (Å²) in [6, 6.07) is 16.6. The molecule has 3 aromatic carbocycles. The van der Waals surface area contributed by atoms with Crippen molar-refractivity contribution in [2.24, 2.45) is 0 Å². The summed E-state index contributed by atoms with van der Waals surface area (Å²) in [5.41, 5.74) is 0.799. The van der Waals surface area contributed by atoms with Gasteiger partial charge >= 0.3 is 5.97 Å². The Morgan fingerprint density at radius 1 is 0.741 bits per heavy atom. The second-order valence-corrected chi connectivity index (χ2v) is 5.74. The topological polar surface area (TPSA) is 54.0 Å². The van der Waals surface area contributed by atoms with E-state index in [9.17, 15) is 4.79 Å². The minimum absolute atomic E-state index is 0.466. The maximum Gasteiger partial charge on any atom is 0.336 e. The lowest BCUT2D eigenvalue weighted by Gasteiger charge is -2.07. The minimum atomic E-state index is -0.466. The molecule has 0 aliphatic heterocycles. The number of ether oxygens (including phenoxy) is 4. The zero-order valence-corrected chi connectivity index (χ0v) is 15.4. The molecule has 0 saturated carbocycles. The first-order chi connectivity index (χ1) is 13.1. The van der Waals surface area contributed by atoms with Crippen LogP contribution in [0.5, 0.6) is 23.0 Å². The van der Waals surface area contributed by atoms with Gasteiger partial charge < -0.3 is 18.9 Å². The van der Waals surface area contributed by atoms with Crippen LogP contribution in [-0.2, 0) is 4.79 Å². The molecule has 0 aromatic heterocycles. The van der Waals surface area contributed by atoms with Crippen LogP contribution in [0.1, 0.15) is 5.56 Å². The molecule has 0 atom stereocenters. The van der Waals surface area contributed by atoms with Crippen LogP contribution in [0.25, 0.3) is 16.8 Å². The van der Waals surface area contributed by atoms with Crippen LogP contribution in [0.3, 0.4) is 0 Å². The highest BCUT2D eigenvalue weighted by molar-refractivity contribution is 5.90. The van der Waals surface area contributed by atoms with Gasteiger partial charge in [0, 0.05) is 6.08 Å². The van der Waals surface area contributed by atoms with Gasteiger partial charge in [-0.1, -0.05) is 18.2 Å². The standard InChI is InChI=1S/C22H20O5/c1-24-18-8-6-16-7-9-19(14-17(16)13-18)27-22(23)11-5-15-4-10-20(25-2)21(12-15)26-3/h4-14H,1-3H3/b11-5+. The third-order valence-electron chi connectivity index (χ3n) is 4.06. The normalized spacial score (nSPS) is 10.8. The summed E-state index contributed by atoms with van der Waals surface area (Å²) in [5.74, 6) is 1.98. The second-order valence-electron chi connectivity index (χ2n) is 5.74. The highest BCUT2D eigenvalue weighted by Crippen LogP contribution is 2.28. The van der Waals surface area contributed by atoms with Gasteiger partial charge in [-0.3, -0.25) is 0 Å². The van der Waals surface area contributed by atoms with Crippen molar-refractivity contribution in [3.63, 3.8) is 0 Å². The first-order valence-electron chi connectivity index (χ1n) is 8.32. The van der Waals surface area contributed by atoms with E-state index in [2.05, 4.69) is 0 Å². The molecule has 27 heavy (non-hydrogen) atoms. The Morgan fingerprint density at radius 2 is 1.44 bits per heavy atom. The molecule has 0 aliphatic rings. The molecule has 0 aliphatic carbocycles. The van der Waals surface area contributed by atoms with Gasteiger partial charge in [-0.2, -0.15) is 0 Å². The van der Waals surface area contributed by atoms with Gasteiger partial charge in [0.15, 0.2) is 11.5 Å². The van der Waals surface area contributed by atoms with E-state index in [1.54, 1.807) is 51.7 Å². The van der Waals surface area contributed by atoms with E-state index in [1.807, 2.05) is 30.3 Å². The molecule has 0 amide bonds. The lowest BCUT2D eigenvalue weighted by atomic mass is 10.1. The third kappa shape index (κ3) is 4.39. The largest absolute Gasteiger partial charge is 0.497 e. The molecule has 0 fully saturated rings. The molecule has 3 rings (SSSR count). The van der Waals surface area contributed by atoms with E-state index in [-0.39, 0.29) is 0 Å². The van der Waals surface area contributed by atoms with Gasteiger partial charge in [0.1, 0.15) is 11.5 Å². The van der Waals surface area contributed by atoms with Crippen molar-refractivity contribution in [1.29, 1.82) is 0 Å². The van der Waals surface area contributed by atoms with Crippen LogP contribution in [-0.4, -0.2) is 27.3 Å². The van der Waals surface area contributed by atoms with E-state index in [0.717, 1.165) is 22.1 Å². The summed E-state index contributed by atoms with van der Waals surface area (Å²) >= 11 is 0. The van der Waals surface area contributed by atoms with Crippen LogP contribution in [0.4, 0.5) is 0 Å². The fraction of sp³-hybridized carbons (Fsp3) is 0.136. The van der Waals surface area contributed by atoms with E-state index in [4.69, 9.17) is 18.9 Å². The van der Waals surface area contributed by atoms with Crippen LogP contribution in [0.15, 0.2) is 60.7 Å². The number of carbonyl (C=O) groups excluding carboxylic acids is 1. The van der Waals surface area contributed by atoms with Gasteiger partial charge in [0.25, 0.3) is 0 Å². The fourth-order valence-electron chi connectivity index (χ4n) is 2.66. The summed E-state index contributed by atoms with van der Waals surface area (Å²) in [4.78, 5) is 12.1. The van der Waals surface area contributed by atoms with Gasteiger partial charge in [-0.05, 0) is 58.8 Å². The molecule has 0 radical (unpaired) electrons. The maximum atomic E-state index is 12.1. The van der Waals surface area contributed by atoms with Gasteiger partial charge in [-0.25, -0.2) is 4.79 Å². The Kier molecular flexibility index (Phi) is 5.61. The molecule has 0 unspecified atom stereocenters. The number of hydrogen-bond donors (Lipinski definition) is 0. The minimum Gasteiger partial charge on any atom is -0.497 e. The monoisotopic (exact) mass is 364 g/mol. The SMILES string of the molecule is COc1ccc2ccc(OC(=O)/C=C/c3ccc(OC)c(OC)c3)cc2c1. The fourth-order valence-corrected chi connectivity index (χ4v) is 2.66. The van der Waals surface area contributed by atoms with Crippen LogP contribution >= 0.6 is 0 Å². The van der Waals surface area contributed by atoms with E-state index >= 15 is 0 Å². The first-order valence-corrected chi connectivity index (χ1v) is 8.32. The van der Waals surface area contributed by atoms with Crippen molar-refractivity contribution >= 4 is 22.8 Å². The lowest BCUT2D eigenvalue weighted by molar-refractivity contribution is -0.128. The summed E-state index contributed by atoms with van der Waals surface area (Å²) in [5, 5.41) is 1.97. The molecule has 0 heterocycles. The Labute approximate surface area is 157 Å². The molecule has 3 aromatic rings. The van der Waals surface area contributed by atoms with Crippen molar-refractivity contribution in [3.8, 4) is 23.0 Å². The predicted molar refractivity (Wildman–Crippen MR) is 105 cm³/mol. The van der Waals surface area contributed by atoms with Crippen molar-refractivity contribution in [2.45, 2.75) is 0 Å². The van der Waals surface area contributed by atoms with E-state index < -0.39 is 5.97 Å². The Balaban J connectivity index is 1.73. The number of hydrogen-bond acceptors (Lipinski definition) is 5. The van der Waals surface area contributed by atoms with E-state index in [0.29, 0.717) is 17.2 Å². The molecule has 138 valence electrons. The molecule has 0 spiro atoms. The van der Waals surface area contributed by atoms with Crippen molar-refractivity contribution in [3.05, 3.63) is 66.2 Å².